The summed E-state index contributed by atoms with van der Waals surface area (Å²) in [6.07, 6.45) is 6.22. The molecule has 0 spiro atoms. The number of aryl methyl sites for hydroxylation is 1. The monoisotopic (exact) mass is 208 g/mol. The van der Waals surface area contributed by atoms with E-state index in [2.05, 4.69) is 12.0 Å². The first-order valence-corrected chi connectivity index (χ1v) is 5.84. The minimum Gasteiger partial charge on any atom is -0.387 e. The highest BCUT2D eigenvalue weighted by Crippen LogP contribution is 2.36. The number of aliphatic hydroxyl groups is 1. The first-order chi connectivity index (χ1) is 7.18. The molecule has 0 amide bonds. The van der Waals surface area contributed by atoms with Crippen LogP contribution in [0.5, 0.6) is 0 Å². The lowest BCUT2D eigenvalue weighted by atomic mass is 9.79. The van der Waals surface area contributed by atoms with Gasteiger partial charge < -0.3 is 5.11 Å². The molecule has 3 heteroatoms. The van der Waals surface area contributed by atoms with Crippen LogP contribution in [0.2, 0.25) is 0 Å². The molecule has 1 aliphatic carbocycles. The van der Waals surface area contributed by atoms with Crippen LogP contribution in [-0.2, 0) is 7.05 Å². The van der Waals surface area contributed by atoms with Gasteiger partial charge in [0.25, 0.3) is 0 Å². The van der Waals surface area contributed by atoms with Crippen molar-refractivity contribution < 1.29 is 5.11 Å². The summed E-state index contributed by atoms with van der Waals surface area (Å²) in [6.45, 7) is 2.30. The second kappa shape index (κ2) is 4.35. The van der Waals surface area contributed by atoms with Crippen molar-refractivity contribution in [1.29, 1.82) is 0 Å². The van der Waals surface area contributed by atoms with Gasteiger partial charge in [0.15, 0.2) is 0 Å². The molecule has 1 unspecified atom stereocenters. The fourth-order valence-electron chi connectivity index (χ4n) is 2.52. The van der Waals surface area contributed by atoms with Crippen LogP contribution in [0.1, 0.15) is 44.4 Å². The van der Waals surface area contributed by atoms with Crippen LogP contribution in [0.25, 0.3) is 0 Å². The Labute approximate surface area is 91.1 Å². The molecule has 1 heterocycles. The van der Waals surface area contributed by atoms with Crippen molar-refractivity contribution in [3.63, 3.8) is 0 Å². The van der Waals surface area contributed by atoms with Crippen LogP contribution in [0.15, 0.2) is 12.3 Å². The van der Waals surface area contributed by atoms with Gasteiger partial charge in [-0.15, -0.1) is 0 Å². The summed E-state index contributed by atoms with van der Waals surface area (Å²) < 4.78 is 1.78. The molecule has 1 fully saturated rings. The molecule has 84 valence electrons. The van der Waals surface area contributed by atoms with Gasteiger partial charge in [0.05, 0.1) is 11.8 Å². The number of nitrogens with zero attached hydrogens (tertiary/aromatic N) is 2. The van der Waals surface area contributed by atoms with E-state index in [-0.39, 0.29) is 6.10 Å². The summed E-state index contributed by atoms with van der Waals surface area (Å²) >= 11 is 0. The van der Waals surface area contributed by atoms with Crippen LogP contribution < -0.4 is 0 Å². The van der Waals surface area contributed by atoms with E-state index in [9.17, 15) is 5.11 Å². The molecule has 1 atom stereocenters. The largest absolute Gasteiger partial charge is 0.387 e. The molecule has 15 heavy (non-hydrogen) atoms. The zero-order chi connectivity index (χ0) is 10.8. The average Bonchev–Trinajstić information content (AvgIpc) is 2.65. The molecule has 3 nitrogen and oxygen atoms in total. The Bertz CT molecular complexity index is 313. The quantitative estimate of drug-likeness (QED) is 0.809. The van der Waals surface area contributed by atoms with Crippen LogP contribution in [0.4, 0.5) is 0 Å². The first kappa shape index (κ1) is 10.7. The number of aliphatic hydroxyl groups excluding tert-OH is 1. The maximum Gasteiger partial charge on any atom is 0.0984 e. The maximum absolute atomic E-state index is 10.2. The number of hydrogen-bond donors (Lipinski definition) is 1. The van der Waals surface area contributed by atoms with Gasteiger partial charge in [-0.05, 0) is 30.7 Å². The third kappa shape index (κ3) is 2.23. The highest BCUT2D eigenvalue weighted by Gasteiger charge is 2.27. The van der Waals surface area contributed by atoms with E-state index in [1.54, 1.807) is 10.9 Å². The molecular formula is C12H20N2O. The highest BCUT2D eigenvalue weighted by atomic mass is 16.3. The zero-order valence-corrected chi connectivity index (χ0v) is 9.56. The Balaban J connectivity index is 2.02. The lowest BCUT2D eigenvalue weighted by Crippen LogP contribution is -2.21. The van der Waals surface area contributed by atoms with Crippen molar-refractivity contribution in [1.82, 2.24) is 9.78 Å². The van der Waals surface area contributed by atoms with E-state index in [1.807, 2.05) is 13.1 Å². The summed E-state index contributed by atoms with van der Waals surface area (Å²) in [5.41, 5.74) is 0.953. The van der Waals surface area contributed by atoms with Gasteiger partial charge in [0.2, 0.25) is 0 Å². The smallest absolute Gasteiger partial charge is 0.0984 e. The fourth-order valence-corrected chi connectivity index (χ4v) is 2.52. The molecular weight excluding hydrogens is 188 g/mol. The van der Waals surface area contributed by atoms with Crippen molar-refractivity contribution in [2.45, 2.75) is 38.7 Å². The lowest BCUT2D eigenvalue weighted by Gasteiger charge is -2.29. The van der Waals surface area contributed by atoms with Crippen LogP contribution in [0, 0.1) is 11.8 Å². The van der Waals surface area contributed by atoms with Gasteiger partial charge in [-0.25, -0.2) is 0 Å². The lowest BCUT2D eigenvalue weighted by molar-refractivity contribution is 0.0690. The van der Waals surface area contributed by atoms with Crippen molar-refractivity contribution >= 4 is 0 Å². The molecule has 1 aromatic heterocycles. The van der Waals surface area contributed by atoms with E-state index in [0.717, 1.165) is 24.5 Å². The van der Waals surface area contributed by atoms with E-state index in [4.69, 9.17) is 0 Å². The molecule has 1 aliphatic rings. The predicted molar refractivity (Wildman–Crippen MR) is 59.3 cm³/mol. The molecule has 1 saturated carbocycles. The zero-order valence-electron chi connectivity index (χ0n) is 9.56. The molecule has 0 radical (unpaired) electrons. The van der Waals surface area contributed by atoms with Gasteiger partial charge >= 0.3 is 0 Å². The highest BCUT2D eigenvalue weighted by molar-refractivity contribution is 5.05. The second-order valence-corrected chi connectivity index (χ2v) is 4.84. The van der Waals surface area contributed by atoms with Crippen LogP contribution in [-0.4, -0.2) is 14.9 Å². The Morgan fingerprint density at radius 2 is 2.07 bits per heavy atom. The maximum atomic E-state index is 10.2. The summed E-state index contributed by atoms with van der Waals surface area (Å²) in [5.74, 6) is 1.26. The molecule has 1 N–H and O–H groups in total. The molecule has 2 rings (SSSR count). The standard InChI is InChI=1S/C12H20N2O/c1-9-3-5-10(6-4-9)12(15)11-7-8-13-14(11)2/h7-10,12,15H,3-6H2,1-2H3. The first-order valence-electron chi connectivity index (χ1n) is 5.84. The molecule has 0 saturated heterocycles. The SMILES string of the molecule is CC1CCC(C(O)c2ccnn2C)CC1. The minimum absolute atomic E-state index is 0.329. The molecule has 1 aromatic rings. The fraction of sp³-hybridized carbons (Fsp3) is 0.750. The van der Waals surface area contributed by atoms with Crippen molar-refractivity contribution in [2.75, 3.05) is 0 Å². The van der Waals surface area contributed by atoms with E-state index >= 15 is 0 Å². The van der Waals surface area contributed by atoms with E-state index in [1.165, 1.54) is 12.8 Å². The second-order valence-electron chi connectivity index (χ2n) is 4.84. The van der Waals surface area contributed by atoms with Crippen molar-refractivity contribution in [2.24, 2.45) is 18.9 Å². The number of rotatable bonds is 2. The summed E-state index contributed by atoms with van der Waals surface area (Å²) in [7, 11) is 1.89. The number of aromatic nitrogens is 2. The Hall–Kier alpha value is -0.830. The third-order valence-electron chi connectivity index (χ3n) is 3.67. The van der Waals surface area contributed by atoms with Gasteiger partial charge in [-0.2, -0.15) is 5.10 Å². The minimum atomic E-state index is -0.329. The number of hydrogen-bond acceptors (Lipinski definition) is 2. The van der Waals surface area contributed by atoms with Gasteiger partial charge in [0, 0.05) is 13.2 Å². The van der Waals surface area contributed by atoms with Crippen molar-refractivity contribution in [3.05, 3.63) is 18.0 Å². The summed E-state index contributed by atoms with van der Waals surface area (Å²) in [4.78, 5) is 0. The van der Waals surface area contributed by atoms with Crippen LogP contribution in [0.3, 0.4) is 0 Å². The Morgan fingerprint density at radius 3 is 2.60 bits per heavy atom. The van der Waals surface area contributed by atoms with Gasteiger partial charge in [-0.3, -0.25) is 4.68 Å². The molecule has 0 aromatic carbocycles. The van der Waals surface area contributed by atoms with Gasteiger partial charge in [0.1, 0.15) is 0 Å². The van der Waals surface area contributed by atoms with E-state index < -0.39 is 0 Å². The Kier molecular flexibility index (Phi) is 3.10. The predicted octanol–water partition coefficient (Wildman–Crippen LogP) is 2.28. The van der Waals surface area contributed by atoms with Gasteiger partial charge in [-0.1, -0.05) is 19.8 Å². The normalized spacial score (nSPS) is 29.0. The topological polar surface area (TPSA) is 38.1 Å². The van der Waals surface area contributed by atoms with E-state index in [0.29, 0.717) is 5.92 Å². The molecule has 0 bridgehead atoms. The van der Waals surface area contributed by atoms with Crippen molar-refractivity contribution in [3.8, 4) is 0 Å². The molecule has 0 aliphatic heterocycles. The summed E-state index contributed by atoms with van der Waals surface area (Å²) in [6, 6.07) is 1.92. The Morgan fingerprint density at radius 1 is 1.40 bits per heavy atom. The third-order valence-corrected chi connectivity index (χ3v) is 3.67. The summed E-state index contributed by atoms with van der Waals surface area (Å²) in [5, 5.41) is 14.3. The van der Waals surface area contributed by atoms with Crippen LogP contribution >= 0.6 is 0 Å². The average molecular weight is 208 g/mol.